The van der Waals surface area contributed by atoms with E-state index in [9.17, 15) is 9.59 Å². The topological polar surface area (TPSA) is 72.7 Å². The minimum atomic E-state index is -0.454. The summed E-state index contributed by atoms with van der Waals surface area (Å²) in [6.07, 6.45) is 3.72. The molecular weight excluding hydrogens is 266 g/mol. The van der Waals surface area contributed by atoms with E-state index >= 15 is 0 Å². The Hall–Kier alpha value is -1.89. The lowest BCUT2D eigenvalue weighted by Gasteiger charge is -2.08. The fourth-order valence-electron chi connectivity index (χ4n) is 1.57. The van der Waals surface area contributed by atoms with Crippen LogP contribution in [0, 0.1) is 0 Å². The highest BCUT2D eigenvalue weighted by Crippen LogP contribution is 2.11. The Labute approximate surface area is 114 Å². The van der Waals surface area contributed by atoms with Crippen LogP contribution in [0.4, 0.5) is 0 Å². The molecule has 2 rings (SSSR count). The van der Waals surface area contributed by atoms with Crippen molar-refractivity contribution in [1.82, 2.24) is 14.7 Å². The highest BCUT2D eigenvalue weighted by Gasteiger charge is 2.11. The lowest BCUT2D eigenvalue weighted by Crippen LogP contribution is -2.34. The molecule has 0 fully saturated rings. The molecule has 0 aromatic carbocycles. The van der Waals surface area contributed by atoms with Crippen molar-refractivity contribution in [2.45, 2.75) is 26.3 Å². The lowest BCUT2D eigenvalue weighted by atomic mass is 10.3. The summed E-state index contributed by atoms with van der Waals surface area (Å²) < 4.78 is 6.73. The molecule has 1 amide bonds. The van der Waals surface area contributed by atoms with Crippen LogP contribution in [0.25, 0.3) is 4.96 Å². The minimum absolute atomic E-state index is 0.0335. The van der Waals surface area contributed by atoms with Gasteiger partial charge in [-0.15, -0.1) is 11.3 Å². The van der Waals surface area contributed by atoms with Gasteiger partial charge < -0.3 is 10.1 Å². The summed E-state index contributed by atoms with van der Waals surface area (Å²) in [5.74, 6) is -0.751. The Morgan fingerprint density at radius 3 is 3.00 bits per heavy atom. The average Bonchev–Trinajstić information content (AvgIpc) is 2.85. The van der Waals surface area contributed by atoms with E-state index < -0.39 is 5.97 Å². The monoisotopic (exact) mass is 281 g/mol. The summed E-state index contributed by atoms with van der Waals surface area (Å²) in [4.78, 5) is 28.0. The number of ether oxygens (including phenoxy) is 1. The predicted molar refractivity (Wildman–Crippen MR) is 71.0 cm³/mol. The van der Waals surface area contributed by atoms with E-state index in [-0.39, 0.29) is 25.0 Å². The number of nitrogens with one attached hydrogen (secondary N) is 1. The van der Waals surface area contributed by atoms with Crippen molar-refractivity contribution in [3.63, 3.8) is 0 Å². The van der Waals surface area contributed by atoms with Crippen LogP contribution in [0.2, 0.25) is 0 Å². The third-order valence-electron chi connectivity index (χ3n) is 2.28. The molecule has 0 radical (unpaired) electrons. The Balaban J connectivity index is 1.81. The number of fused-ring (bicyclic) bond motifs is 1. The van der Waals surface area contributed by atoms with Crippen LogP contribution in [0.1, 0.15) is 19.5 Å². The van der Waals surface area contributed by atoms with Crippen LogP contribution in [-0.2, 0) is 20.7 Å². The van der Waals surface area contributed by atoms with Gasteiger partial charge in [0.25, 0.3) is 5.91 Å². The van der Waals surface area contributed by atoms with Crippen LogP contribution >= 0.6 is 11.3 Å². The number of carbonyl (C=O) groups excluding carboxylic acids is 2. The minimum Gasteiger partial charge on any atom is -0.455 e. The molecule has 2 aromatic rings. The van der Waals surface area contributed by atoms with E-state index in [1.54, 1.807) is 6.20 Å². The third kappa shape index (κ3) is 3.78. The van der Waals surface area contributed by atoms with Gasteiger partial charge in [-0.3, -0.25) is 14.0 Å². The third-order valence-corrected chi connectivity index (χ3v) is 3.05. The van der Waals surface area contributed by atoms with E-state index in [4.69, 9.17) is 4.74 Å². The molecule has 7 heteroatoms. The molecule has 0 saturated heterocycles. The SMILES string of the molecule is CC(C)NC(=O)COC(=O)Cc1cn2ccsc2n1. The number of carbonyl (C=O) groups is 2. The highest BCUT2D eigenvalue weighted by molar-refractivity contribution is 7.15. The van der Waals surface area contributed by atoms with Gasteiger partial charge in [-0.2, -0.15) is 0 Å². The van der Waals surface area contributed by atoms with Crippen LogP contribution in [0.3, 0.4) is 0 Å². The molecule has 6 nitrogen and oxygen atoms in total. The number of amides is 1. The Morgan fingerprint density at radius 2 is 2.32 bits per heavy atom. The van der Waals surface area contributed by atoms with Gasteiger partial charge in [0.1, 0.15) is 0 Å². The first-order valence-electron chi connectivity index (χ1n) is 5.90. The first-order valence-corrected chi connectivity index (χ1v) is 6.78. The van der Waals surface area contributed by atoms with Gasteiger partial charge in [0.2, 0.25) is 0 Å². The number of esters is 1. The maximum Gasteiger partial charge on any atom is 0.312 e. The zero-order valence-electron chi connectivity index (χ0n) is 10.8. The van der Waals surface area contributed by atoms with Crippen molar-refractivity contribution in [3.05, 3.63) is 23.5 Å². The van der Waals surface area contributed by atoms with E-state index in [1.807, 2.05) is 29.8 Å². The molecule has 0 bridgehead atoms. The fraction of sp³-hybridized carbons (Fsp3) is 0.417. The molecule has 19 heavy (non-hydrogen) atoms. The Bertz CT molecular complexity index is 559. The van der Waals surface area contributed by atoms with E-state index in [2.05, 4.69) is 10.3 Å². The van der Waals surface area contributed by atoms with Crippen molar-refractivity contribution in [2.75, 3.05) is 6.61 Å². The molecular formula is C12H15N3O3S. The molecule has 2 heterocycles. The summed E-state index contributed by atoms with van der Waals surface area (Å²) >= 11 is 1.50. The summed E-state index contributed by atoms with van der Waals surface area (Å²) in [7, 11) is 0. The van der Waals surface area contributed by atoms with E-state index in [0.717, 1.165) is 4.96 Å². The Kier molecular flexibility index (Phi) is 4.16. The van der Waals surface area contributed by atoms with Crippen LogP contribution in [-0.4, -0.2) is 33.9 Å². The first kappa shape index (κ1) is 13.5. The summed E-state index contributed by atoms with van der Waals surface area (Å²) in [5, 5.41) is 4.56. The fourth-order valence-corrected chi connectivity index (χ4v) is 2.29. The number of imidazole rings is 1. The van der Waals surface area contributed by atoms with Crippen LogP contribution < -0.4 is 5.32 Å². The molecule has 0 spiro atoms. The van der Waals surface area contributed by atoms with Gasteiger partial charge >= 0.3 is 5.97 Å². The van der Waals surface area contributed by atoms with Gasteiger partial charge in [-0.25, -0.2) is 4.98 Å². The molecule has 0 saturated carbocycles. The standard InChI is InChI=1S/C12H15N3O3S/c1-8(2)13-10(16)7-18-11(17)5-9-6-15-3-4-19-12(15)14-9/h3-4,6,8H,5,7H2,1-2H3,(H,13,16). The molecule has 0 aliphatic rings. The second kappa shape index (κ2) is 5.83. The molecule has 0 atom stereocenters. The van der Waals surface area contributed by atoms with E-state index in [1.165, 1.54) is 11.3 Å². The highest BCUT2D eigenvalue weighted by atomic mass is 32.1. The maximum absolute atomic E-state index is 11.6. The second-order valence-electron chi connectivity index (χ2n) is 4.38. The number of hydrogen-bond acceptors (Lipinski definition) is 5. The molecule has 1 N–H and O–H groups in total. The van der Waals surface area contributed by atoms with Gasteiger partial charge in [0.05, 0.1) is 12.1 Å². The lowest BCUT2D eigenvalue weighted by molar-refractivity contribution is -0.148. The molecule has 0 aliphatic carbocycles. The largest absolute Gasteiger partial charge is 0.455 e. The number of aromatic nitrogens is 2. The summed E-state index contributed by atoms with van der Waals surface area (Å²) in [6, 6.07) is 0.0335. The van der Waals surface area contributed by atoms with Crippen LogP contribution in [0.5, 0.6) is 0 Å². The Morgan fingerprint density at radius 1 is 1.53 bits per heavy atom. The van der Waals surface area contributed by atoms with Crippen molar-refractivity contribution in [1.29, 1.82) is 0 Å². The number of rotatable bonds is 5. The zero-order valence-corrected chi connectivity index (χ0v) is 11.6. The molecule has 2 aromatic heterocycles. The first-order chi connectivity index (χ1) is 9.04. The zero-order chi connectivity index (χ0) is 13.8. The van der Waals surface area contributed by atoms with Gasteiger partial charge in [-0.1, -0.05) is 0 Å². The normalized spacial score (nSPS) is 10.9. The number of thiazole rings is 1. The van der Waals surface area contributed by atoms with Crippen LogP contribution in [0.15, 0.2) is 17.8 Å². The number of hydrogen-bond donors (Lipinski definition) is 1. The van der Waals surface area contributed by atoms with Crippen molar-refractivity contribution in [2.24, 2.45) is 0 Å². The average molecular weight is 281 g/mol. The predicted octanol–water partition coefficient (Wildman–Crippen LogP) is 1.01. The smallest absolute Gasteiger partial charge is 0.312 e. The van der Waals surface area contributed by atoms with Gasteiger partial charge in [0, 0.05) is 23.8 Å². The summed E-state index contributed by atoms with van der Waals surface area (Å²) in [5.41, 5.74) is 0.640. The summed E-state index contributed by atoms with van der Waals surface area (Å²) in [6.45, 7) is 3.44. The van der Waals surface area contributed by atoms with Crippen molar-refractivity contribution in [3.8, 4) is 0 Å². The molecule has 0 aliphatic heterocycles. The van der Waals surface area contributed by atoms with Gasteiger partial charge in [0.15, 0.2) is 11.6 Å². The molecule has 0 unspecified atom stereocenters. The van der Waals surface area contributed by atoms with E-state index in [0.29, 0.717) is 5.69 Å². The maximum atomic E-state index is 11.6. The second-order valence-corrected chi connectivity index (χ2v) is 5.26. The quantitative estimate of drug-likeness (QED) is 0.830. The van der Waals surface area contributed by atoms with Crippen molar-refractivity contribution >= 4 is 28.2 Å². The van der Waals surface area contributed by atoms with Crippen molar-refractivity contribution < 1.29 is 14.3 Å². The molecule has 102 valence electrons. The van der Waals surface area contributed by atoms with Gasteiger partial charge in [-0.05, 0) is 13.8 Å². The number of nitrogens with zero attached hydrogens (tertiary/aromatic N) is 2.